The maximum atomic E-state index is 5.86. The molecule has 0 unspecified atom stereocenters. The Hall–Kier alpha value is -1.55. The third-order valence-corrected chi connectivity index (χ3v) is 3.79. The highest BCUT2D eigenvalue weighted by atomic mass is 79.9. The Morgan fingerprint density at radius 1 is 1.11 bits per heavy atom. The molecule has 1 aromatic carbocycles. The average Bonchev–Trinajstić information content (AvgIpc) is 2.32. The molecule has 4 heteroatoms. The number of hydrogen-bond donors (Lipinski definition) is 1. The first-order chi connectivity index (χ1) is 8.49. The number of benzene rings is 1. The molecule has 0 fully saturated rings. The monoisotopic (exact) mass is 306 g/mol. The molecule has 0 amide bonds. The summed E-state index contributed by atoms with van der Waals surface area (Å²) in [5.41, 5.74) is 9.71. The Morgan fingerprint density at radius 3 is 2.56 bits per heavy atom. The maximum Gasteiger partial charge on any atom is 0.233 e. The van der Waals surface area contributed by atoms with Gasteiger partial charge in [0.25, 0.3) is 0 Å². The van der Waals surface area contributed by atoms with Crippen LogP contribution in [-0.4, -0.2) is 4.98 Å². The van der Waals surface area contributed by atoms with Crippen molar-refractivity contribution in [2.45, 2.75) is 20.8 Å². The van der Waals surface area contributed by atoms with Gasteiger partial charge in [-0.2, -0.15) is 0 Å². The molecular formula is C14H15BrN2O. The fourth-order valence-electron chi connectivity index (χ4n) is 1.61. The minimum absolute atomic E-state index is 0.572. The van der Waals surface area contributed by atoms with E-state index in [9.17, 15) is 0 Å². The zero-order valence-corrected chi connectivity index (χ0v) is 12.2. The topological polar surface area (TPSA) is 48.1 Å². The lowest BCUT2D eigenvalue weighted by molar-refractivity contribution is 0.455. The number of aryl methyl sites for hydroxylation is 3. The zero-order chi connectivity index (χ0) is 13.3. The Kier molecular flexibility index (Phi) is 3.57. The fraction of sp³-hybridized carbons (Fsp3) is 0.214. The zero-order valence-electron chi connectivity index (χ0n) is 10.6. The van der Waals surface area contributed by atoms with E-state index in [0.717, 1.165) is 32.6 Å². The van der Waals surface area contributed by atoms with Crippen LogP contribution in [0.5, 0.6) is 11.6 Å². The number of pyridine rings is 1. The molecule has 0 radical (unpaired) electrons. The molecule has 0 aliphatic rings. The SMILES string of the molecule is Cc1cc(Oc2nccc(C)c2Br)c(C)cc1N. The average molecular weight is 307 g/mol. The highest BCUT2D eigenvalue weighted by molar-refractivity contribution is 9.10. The summed E-state index contributed by atoms with van der Waals surface area (Å²) in [5.74, 6) is 1.35. The summed E-state index contributed by atoms with van der Waals surface area (Å²) in [6.07, 6.45) is 1.73. The van der Waals surface area contributed by atoms with Gasteiger partial charge in [-0.15, -0.1) is 0 Å². The van der Waals surface area contributed by atoms with Crippen molar-refractivity contribution < 1.29 is 4.74 Å². The van der Waals surface area contributed by atoms with Crippen molar-refractivity contribution in [1.82, 2.24) is 4.98 Å². The number of rotatable bonds is 2. The van der Waals surface area contributed by atoms with Gasteiger partial charge < -0.3 is 10.5 Å². The van der Waals surface area contributed by atoms with Crippen LogP contribution in [0.2, 0.25) is 0 Å². The van der Waals surface area contributed by atoms with E-state index in [2.05, 4.69) is 20.9 Å². The second-order valence-electron chi connectivity index (χ2n) is 4.32. The van der Waals surface area contributed by atoms with Gasteiger partial charge in [-0.05, 0) is 71.6 Å². The second-order valence-corrected chi connectivity index (χ2v) is 5.12. The lowest BCUT2D eigenvalue weighted by Crippen LogP contribution is -1.96. The first kappa shape index (κ1) is 12.9. The quantitative estimate of drug-likeness (QED) is 0.848. The van der Waals surface area contributed by atoms with Crippen molar-refractivity contribution in [1.29, 1.82) is 0 Å². The summed E-state index contributed by atoms with van der Waals surface area (Å²) in [6.45, 7) is 5.93. The molecule has 0 saturated carbocycles. The van der Waals surface area contributed by atoms with Crippen molar-refractivity contribution in [2.24, 2.45) is 0 Å². The summed E-state index contributed by atoms with van der Waals surface area (Å²) in [5, 5.41) is 0. The summed E-state index contributed by atoms with van der Waals surface area (Å²) >= 11 is 3.48. The number of anilines is 1. The molecule has 3 nitrogen and oxygen atoms in total. The molecule has 0 saturated heterocycles. The van der Waals surface area contributed by atoms with E-state index in [1.54, 1.807) is 6.20 Å². The number of halogens is 1. The van der Waals surface area contributed by atoms with Crippen LogP contribution in [0, 0.1) is 20.8 Å². The van der Waals surface area contributed by atoms with Gasteiger partial charge in [-0.1, -0.05) is 0 Å². The van der Waals surface area contributed by atoms with Gasteiger partial charge in [0.05, 0.1) is 4.47 Å². The van der Waals surface area contributed by atoms with Crippen molar-refractivity contribution in [3.05, 3.63) is 45.6 Å². The fourth-order valence-corrected chi connectivity index (χ4v) is 1.93. The van der Waals surface area contributed by atoms with Crippen LogP contribution in [0.15, 0.2) is 28.9 Å². The Bertz CT molecular complexity index is 597. The molecule has 0 atom stereocenters. The Morgan fingerprint density at radius 2 is 1.83 bits per heavy atom. The van der Waals surface area contributed by atoms with Crippen LogP contribution < -0.4 is 10.5 Å². The van der Waals surface area contributed by atoms with Crippen LogP contribution >= 0.6 is 15.9 Å². The van der Waals surface area contributed by atoms with E-state index in [4.69, 9.17) is 10.5 Å². The lowest BCUT2D eigenvalue weighted by Gasteiger charge is -2.12. The van der Waals surface area contributed by atoms with Gasteiger partial charge in [0.15, 0.2) is 0 Å². The molecule has 1 aromatic heterocycles. The maximum absolute atomic E-state index is 5.86. The molecule has 0 aliphatic heterocycles. The van der Waals surface area contributed by atoms with Crippen LogP contribution in [-0.2, 0) is 0 Å². The summed E-state index contributed by atoms with van der Waals surface area (Å²) in [4.78, 5) is 4.23. The summed E-state index contributed by atoms with van der Waals surface area (Å²) in [6, 6.07) is 5.77. The van der Waals surface area contributed by atoms with Crippen LogP contribution in [0.3, 0.4) is 0 Å². The number of ether oxygens (including phenoxy) is 1. The largest absolute Gasteiger partial charge is 0.438 e. The molecule has 2 N–H and O–H groups in total. The number of nitrogen functional groups attached to an aromatic ring is 1. The molecule has 1 heterocycles. The Labute approximate surface area is 115 Å². The van der Waals surface area contributed by atoms with Crippen molar-refractivity contribution in [3.8, 4) is 11.6 Å². The first-order valence-corrected chi connectivity index (χ1v) is 6.44. The number of hydrogen-bond acceptors (Lipinski definition) is 3. The van der Waals surface area contributed by atoms with Crippen molar-refractivity contribution >= 4 is 21.6 Å². The van der Waals surface area contributed by atoms with E-state index in [1.165, 1.54) is 0 Å². The van der Waals surface area contributed by atoms with Gasteiger partial charge in [-0.25, -0.2) is 4.98 Å². The van der Waals surface area contributed by atoms with E-state index < -0.39 is 0 Å². The number of aromatic nitrogens is 1. The van der Waals surface area contributed by atoms with Gasteiger partial charge in [0, 0.05) is 11.9 Å². The highest BCUT2D eigenvalue weighted by Gasteiger charge is 2.09. The number of nitrogens with zero attached hydrogens (tertiary/aromatic N) is 1. The van der Waals surface area contributed by atoms with Gasteiger partial charge in [0.1, 0.15) is 5.75 Å². The number of nitrogens with two attached hydrogens (primary N) is 1. The van der Waals surface area contributed by atoms with E-state index >= 15 is 0 Å². The molecule has 0 spiro atoms. The van der Waals surface area contributed by atoms with Crippen LogP contribution in [0.1, 0.15) is 16.7 Å². The molecular weight excluding hydrogens is 292 g/mol. The van der Waals surface area contributed by atoms with Gasteiger partial charge in [0.2, 0.25) is 5.88 Å². The standard InChI is InChI=1S/C14H15BrN2O/c1-8-4-5-17-14(13(8)15)18-12-7-9(2)11(16)6-10(12)3/h4-7H,16H2,1-3H3. The van der Waals surface area contributed by atoms with Gasteiger partial charge in [-0.3, -0.25) is 0 Å². The summed E-state index contributed by atoms with van der Waals surface area (Å²) < 4.78 is 6.72. The summed E-state index contributed by atoms with van der Waals surface area (Å²) in [7, 11) is 0. The van der Waals surface area contributed by atoms with Crippen LogP contribution in [0.4, 0.5) is 5.69 Å². The van der Waals surface area contributed by atoms with E-state index in [1.807, 2.05) is 39.0 Å². The molecule has 0 aliphatic carbocycles. The van der Waals surface area contributed by atoms with Crippen molar-refractivity contribution in [3.63, 3.8) is 0 Å². The van der Waals surface area contributed by atoms with Crippen molar-refractivity contribution in [2.75, 3.05) is 5.73 Å². The normalized spacial score (nSPS) is 10.4. The second kappa shape index (κ2) is 4.98. The highest BCUT2D eigenvalue weighted by Crippen LogP contribution is 2.33. The lowest BCUT2D eigenvalue weighted by atomic mass is 10.1. The van der Waals surface area contributed by atoms with E-state index in [-0.39, 0.29) is 0 Å². The molecule has 18 heavy (non-hydrogen) atoms. The molecule has 2 rings (SSSR count). The molecule has 2 aromatic rings. The van der Waals surface area contributed by atoms with Gasteiger partial charge >= 0.3 is 0 Å². The first-order valence-electron chi connectivity index (χ1n) is 5.64. The predicted molar refractivity (Wildman–Crippen MR) is 77.1 cm³/mol. The smallest absolute Gasteiger partial charge is 0.233 e. The molecule has 0 bridgehead atoms. The molecule has 94 valence electrons. The predicted octanol–water partition coefficient (Wildman–Crippen LogP) is 4.14. The van der Waals surface area contributed by atoms with E-state index in [0.29, 0.717) is 5.88 Å². The third-order valence-electron chi connectivity index (χ3n) is 2.82. The minimum Gasteiger partial charge on any atom is -0.438 e. The van der Waals surface area contributed by atoms with Crippen LogP contribution in [0.25, 0.3) is 0 Å². The Balaban J connectivity index is 2.40. The minimum atomic E-state index is 0.572. The third kappa shape index (κ3) is 2.48.